The predicted molar refractivity (Wildman–Crippen MR) is 77.1 cm³/mol. The molecule has 3 N–H and O–H groups in total. The van der Waals surface area contributed by atoms with E-state index in [4.69, 9.17) is 10.5 Å². The van der Waals surface area contributed by atoms with Crippen LogP contribution in [0, 0.1) is 0 Å². The predicted octanol–water partition coefficient (Wildman–Crippen LogP) is 3.80. The van der Waals surface area contributed by atoms with Crippen molar-refractivity contribution in [2.75, 3.05) is 11.1 Å². The van der Waals surface area contributed by atoms with Gasteiger partial charge in [0.25, 0.3) is 0 Å². The zero-order chi connectivity index (χ0) is 13.2. The molecule has 0 aliphatic heterocycles. The van der Waals surface area contributed by atoms with Gasteiger partial charge in [-0.2, -0.15) is 0 Å². The van der Waals surface area contributed by atoms with E-state index < -0.39 is 0 Å². The first-order valence-electron chi connectivity index (χ1n) is 6.83. The van der Waals surface area contributed by atoms with Crippen molar-refractivity contribution in [2.45, 2.75) is 58.1 Å². The molecule has 1 aliphatic carbocycles. The summed E-state index contributed by atoms with van der Waals surface area (Å²) in [6, 6.07) is 5.96. The van der Waals surface area contributed by atoms with Gasteiger partial charge in [-0.1, -0.05) is 18.9 Å². The summed E-state index contributed by atoms with van der Waals surface area (Å²) in [5, 5.41) is 3.59. The van der Waals surface area contributed by atoms with Gasteiger partial charge in [-0.05, 0) is 45.7 Å². The van der Waals surface area contributed by atoms with Crippen LogP contribution in [0.4, 0.5) is 11.4 Å². The number of ether oxygens (including phenoxy) is 1. The van der Waals surface area contributed by atoms with E-state index in [0.717, 1.165) is 17.1 Å². The SMILES string of the molecule is CC(C)Oc1cccc(NC2(C)CCCC2)c1N. The molecular weight excluding hydrogens is 224 g/mol. The average molecular weight is 248 g/mol. The second-order valence-corrected chi connectivity index (χ2v) is 5.78. The Balaban J connectivity index is 2.17. The quantitative estimate of drug-likeness (QED) is 0.797. The Bertz CT molecular complexity index is 409. The number of benzene rings is 1. The van der Waals surface area contributed by atoms with E-state index in [1.165, 1.54) is 25.7 Å². The molecule has 1 fully saturated rings. The molecule has 0 unspecified atom stereocenters. The second-order valence-electron chi connectivity index (χ2n) is 5.78. The number of hydrogen-bond donors (Lipinski definition) is 2. The van der Waals surface area contributed by atoms with Gasteiger partial charge in [-0.15, -0.1) is 0 Å². The lowest BCUT2D eigenvalue weighted by atomic mass is 10.00. The van der Waals surface area contributed by atoms with Crippen LogP contribution in [0.3, 0.4) is 0 Å². The van der Waals surface area contributed by atoms with Gasteiger partial charge in [-0.25, -0.2) is 0 Å². The summed E-state index contributed by atoms with van der Waals surface area (Å²) < 4.78 is 5.72. The maximum Gasteiger partial charge on any atom is 0.144 e. The molecule has 0 atom stereocenters. The monoisotopic (exact) mass is 248 g/mol. The minimum atomic E-state index is 0.143. The summed E-state index contributed by atoms with van der Waals surface area (Å²) in [6.07, 6.45) is 5.16. The molecule has 100 valence electrons. The minimum absolute atomic E-state index is 0.143. The smallest absolute Gasteiger partial charge is 0.144 e. The molecule has 1 saturated carbocycles. The van der Waals surface area contributed by atoms with E-state index in [1.54, 1.807) is 0 Å². The third-order valence-electron chi connectivity index (χ3n) is 3.57. The summed E-state index contributed by atoms with van der Waals surface area (Å²) in [6.45, 7) is 6.30. The lowest BCUT2D eigenvalue weighted by molar-refractivity contribution is 0.244. The fourth-order valence-corrected chi connectivity index (χ4v) is 2.62. The Morgan fingerprint density at radius 1 is 1.28 bits per heavy atom. The van der Waals surface area contributed by atoms with E-state index in [1.807, 2.05) is 32.0 Å². The standard InChI is InChI=1S/C15H24N2O/c1-11(2)18-13-8-6-7-12(14(13)16)17-15(3)9-4-5-10-15/h6-8,11,17H,4-5,9-10,16H2,1-3H3. The van der Waals surface area contributed by atoms with Crippen LogP contribution in [-0.4, -0.2) is 11.6 Å². The maximum atomic E-state index is 6.18. The van der Waals surface area contributed by atoms with Crippen molar-refractivity contribution in [3.63, 3.8) is 0 Å². The van der Waals surface area contributed by atoms with Crippen LogP contribution in [0.5, 0.6) is 5.75 Å². The molecule has 0 spiro atoms. The van der Waals surface area contributed by atoms with Gasteiger partial charge in [0, 0.05) is 5.54 Å². The van der Waals surface area contributed by atoms with Crippen molar-refractivity contribution in [1.82, 2.24) is 0 Å². The summed E-state index contributed by atoms with van der Waals surface area (Å²) in [5.41, 5.74) is 8.09. The third kappa shape index (κ3) is 2.89. The zero-order valence-corrected chi connectivity index (χ0v) is 11.6. The lowest BCUT2D eigenvalue weighted by Crippen LogP contribution is -2.31. The minimum Gasteiger partial charge on any atom is -0.489 e. The van der Waals surface area contributed by atoms with Crippen LogP contribution < -0.4 is 15.8 Å². The maximum absolute atomic E-state index is 6.18. The van der Waals surface area contributed by atoms with Crippen LogP contribution in [-0.2, 0) is 0 Å². The van der Waals surface area contributed by atoms with Gasteiger partial charge in [0.15, 0.2) is 0 Å². The zero-order valence-electron chi connectivity index (χ0n) is 11.6. The highest BCUT2D eigenvalue weighted by Gasteiger charge is 2.29. The summed E-state index contributed by atoms with van der Waals surface area (Å²) >= 11 is 0. The number of para-hydroxylation sites is 1. The van der Waals surface area contributed by atoms with Crippen LogP contribution in [0.1, 0.15) is 46.5 Å². The number of hydrogen-bond acceptors (Lipinski definition) is 3. The van der Waals surface area contributed by atoms with Crippen LogP contribution in [0.15, 0.2) is 18.2 Å². The van der Waals surface area contributed by atoms with Crippen molar-refractivity contribution in [1.29, 1.82) is 0 Å². The molecule has 1 aromatic carbocycles. The normalized spacial score (nSPS) is 18.0. The van der Waals surface area contributed by atoms with Gasteiger partial charge >= 0.3 is 0 Å². The Hall–Kier alpha value is -1.38. The number of nitrogen functional groups attached to an aromatic ring is 1. The molecule has 0 aromatic heterocycles. The first-order valence-corrected chi connectivity index (χ1v) is 6.83. The van der Waals surface area contributed by atoms with Crippen LogP contribution >= 0.6 is 0 Å². The molecule has 0 saturated heterocycles. The first-order chi connectivity index (χ1) is 8.50. The Kier molecular flexibility index (Phi) is 3.69. The molecule has 0 heterocycles. The number of nitrogens with two attached hydrogens (primary N) is 1. The molecule has 3 nitrogen and oxygen atoms in total. The molecule has 3 heteroatoms. The average Bonchev–Trinajstić information content (AvgIpc) is 2.70. The Morgan fingerprint density at radius 2 is 1.94 bits per heavy atom. The molecule has 0 radical (unpaired) electrons. The third-order valence-corrected chi connectivity index (χ3v) is 3.57. The molecule has 1 aliphatic rings. The molecule has 18 heavy (non-hydrogen) atoms. The summed E-state index contributed by atoms with van der Waals surface area (Å²) in [7, 11) is 0. The number of nitrogens with one attached hydrogen (secondary N) is 1. The molecule has 1 aromatic rings. The Morgan fingerprint density at radius 3 is 2.56 bits per heavy atom. The van der Waals surface area contributed by atoms with Crippen LogP contribution in [0.2, 0.25) is 0 Å². The van der Waals surface area contributed by atoms with Crippen molar-refractivity contribution >= 4 is 11.4 Å². The van der Waals surface area contributed by atoms with Gasteiger partial charge < -0.3 is 15.8 Å². The van der Waals surface area contributed by atoms with E-state index >= 15 is 0 Å². The fraction of sp³-hybridized carbons (Fsp3) is 0.600. The van der Waals surface area contributed by atoms with E-state index in [-0.39, 0.29) is 11.6 Å². The fourth-order valence-electron chi connectivity index (χ4n) is 2.62. The summed E-state index contributed by atoms with van der Waals surface area (Å²) in [4.78, 5) is 0. The highest BCUT2D eigenvalue weighted by Crippen LogP contribution is 2.37. The highest BCUT2D eigenvalue weighted by atomic mass is 16.5. The molecule has 0 bridgehead atoms. The van der Waals surface area contributed by atoms with Crippen molar-refractivity contribution in [3.8, 4) is 5.75 Å². The van der Waals surface area contributed by atoms with Gasteiger partial charge in [-0.3, -0.25) is 0 Å². The van der Waals surface area contributed by atoms with E-state index in [2.05, 4.69) is 12.2 Å². The Labute approximate surface area is 110 Å². The molecule has 0 amide bonds. The van der Waals surface area contributed by atoms with Crippen molar-refractivity contribution in [3.05, 3.63) is 18.2 Å². The van der Waals surface area contributed by atoms with Crippen molar-refractivity contribution < 1.29 is 4.74 Å². The highest BCUT2D eigenvalue weighted by molar-refractivity contribution is 5.73. The number of anilines is 2. The van der Waals surface area contributed by atoms with Crippen molar-refractivity contribution in [2.24, 2.45) is 0 Å². The first kappa shape index (κ1) is 13.1. The second kappa shape index (κ2) is 5.09. The lowest BCUT2D eigenvalue weighted by Gasteiger charge is -2.28. The van der Waals surface area contributed by atoms with Gasteiger partial charge in [0.2, 0.25) is 0 Å². The molecular formula is C15H24N2O. The van der Waals surface area contributed by atoms with E-state index in [9.17, 15) is 0 Å². The topological polar surface area (TPSA) is 47.3 Å². The largest absolute Gasteiger partial charge is 0.489 e. The summed E-state index contributed by atoms with van der Waals surface area (Å²) in [5.74, 6) is 0.775. The van der Waals surface area contributed by atoms with Gasteiger partial charge in [0.05, 0.1) is 17.5 Å². The molecule has 2 rings (SSSR count). The van der Waals surface area contributed by atoms with E-state index in [0.29, 0.717) is 0 Å². The number of rotatable bonds is 4. The van der Waals surface area contributed by atoms with Gasteiger partial charge in [0.1, 0.15) is 5.75 Å². The van der Waals surface area contributed by atoms with Crippen LogP contribution in [0.25, 0.3) is 0 Å².